The second kappa shape index (κ2) is 13.5. The van der Waals surface area contributed by atoms with Crippen LogP contribution in [-0.4, -0.2) is 9.80 Å². The van der Waals surface area contributed by atoms with E-state index in [4.69, 9.17) is 0 Å². The first-order valence-electron chi connectivity index (χ1n) is 13.5. The lowest BCUT2D eigenvalue weighted by Crippen LogP contribution is -2.23. The third-order valence-corrected chi connectivity index (χ3v) is 6.80. The van der Waals surface area contributed by atoms with Crippen LogP contribution in [0.3, 0.4) is 0 Å². The van der Waals surface area contributed by atoms with Gasteiger partial charge in [-0.05, 0) is 33.4 Å². The molecule has 2 heteroatoms. The molecule has 0 atom stereocenters. The van der Waals surface area contributed by atoms with Gasteiger partial charge in [0.2, 0.25) is 0 Å². The van der Waals surface area contributed by atoms with Gasteiger partial charge in [0.05, 0.1) is 0 Å². The molecule has 0 aliphatic heterocycles. The monoisotopic (exact) mass is 496 g/mol. The Morgan fingerprint density at radius 2 is 0.500 bits per heavy atom. The van der Waals surface area contributed by atoms with Crippen LogP contribution in [0, 0.1) is 0 Å². The molecule has 38 heavy (non-hydrogen) atoms. The average molecular weight is 497 g/mol. The normalized spacial score (nSPS) is 11.2. The minimum Gasteiger partial charge on any atom is -0.291 e. The van der Waals surface area contributed by atoms with E-state index >= 15 is 0 Å². The number of rotatable bonds is 12. The van der Waals surface area contributed by atoms with Crippen molar-refractivity contribution in [1.29, 1.82) is 0 Å². The third-order valence-electron chi connectivity index (χ3n) is 6.80. The second-order valence-corrected chi connectivity index (χ2v) is 10.1. The summed E-state index contributed by atoms with van der Waals surface area (Å²) < 4.78 is 0. The van der Waals surface area contributed by atoms with Gasteiger partial charge in [-0.25, -0.2) is 0 Å². The first-order chi connectivity index (χ1) is 18.8. The van der Waals surface area contributed by atoms with Crippen molar-refractivity contribution in [3.63, 3.8) is 0 Å². The molecule has 0 radical (unpaired) electrons. The predicted octanol–water partition coefficient (Wildman–Crippen LogP) is 8.09. The molecule has 0 amide bonds. The van der Waals surface area contributed by atoms with Crippen molar-refractivity contribution in [1.82, 2.24) is 9.80 Å². The van der Waals surface area contributed by atoms with Crippen LogP contribution in [0.2, 0.25) is 0 Å². The van der Waals surface area contributed by atoms with Gasteiger partial charge in [-0.3, -0.25) is 9.80 Å². The minimum atomic E-state index is 0.912. The molecule has 0 aromatic heterocycles. The van der Waals surface area contributed by atoms with Crippen LogP contribution in [0.1, 0.15) is 33.4 Å². The smallest absolute Gasteiger partial charge is 0.0240 e. The Bertz CT molecular complexity index is 1160. The minimum absolute atomic E-state index is 0.912. The van der Waals surface area contributed by atoms with Crippen LogP contribution in [0.5, 0.6) is 0 Å². The molecule has 5 aromatic rings. The van der Waals surface area contributed by atoms with Crippen molar-refractivity contribution in [3.05, 3.63) is 179 Å². The highest BCUT2D eigenvalue weighted by atomic mass is 15.1. The van der Waals surface area contributed by atoms with Crippen LogP contribution in [0.15, 0.2) is 146 Å². The molecular weight excluding hydrogens is 460 g/mol. The molecular formula is C36H36N2. The fourth-order valence-corrected chi connectivity index (χ4v) is 5.04. The second-order valence-electron chi connectivity index (χ2n) is 10.1. The molecule has 0 N–H and O–H groups in total. The number of nitrogens with zero attached hydrogens (tertiary/aromatic N) is 2. The van der Waals surface area contributed by atoms with E-state index in [0.717, 1.165) is 39.3 Å². The molecule has 0 heterocycles. The van der Waals surface area contributed by atoms with Crippen molar-refractivity contribution < 1.29 is 0 Å². The van der Waals surface area contributed by atoms with E-state index in [-0.39, 0.29) is 0 Å². The molecule has 0 spiro atoms. The highest BCUT2D eigenvalue weighted by molar-refractivity contribution is 5.25. The Labute approximate surface area is 227 Å². The van der Waals surface area contributed by atoms with E-state index in [1.54, 1.807) is 0 Å². The number of hydrogen-bond donors (Lipinski definition) is 0. The van der Waals surface area contributed by atoms with E-state index < -0.39 is 0 Å². The van der Waals surface area contributed by atoms with E-state index in [0.29, 0.717) is 0 Å². The zero-order valence-electron chi connectivity index (χ0n) is 22.0. The maximum Gasteiger partial charge on any atom is 0.0240 e. The summed E-state index contributed by atoms with van der Waals surface area (Å²) in [5.74, 6) is 0. The van der Waals surface area contributed by atoms with Crippen LogP contribution < -0.4 is 0 Å². The van der Waals surface area contributed by atoms with Crippen LogP contribution in [-0.2, 0) is 39.3 Å². The summed E-state index contributed by atoms with van der Waals surface area (Å²) in [6.07, 6.45) is 0. The summed E-state index contributed by atoms with van der Waals surface area (Å²) in [6.45, 7) is 5.52. The maximum absolute atomic E-state index is 2.54. The van der Waals surface area contributed by atoms with Crippen molar-refractivity contribution in [2.45, 2.75) is 39.3 Å². The highest BCUT2D eigenvalue weighted by Gasteiger charge is 2.12. The van der Waals surface area contributed by atoms with Gasteiger partial charge in [0.25, 0.3) is 0 Å². The summed E-state index contributed by atoms with van der Waals surface area (Å²) in [4.78, 5) is 5.07. The first-order valence-corrected chi connectivity index (χ1v) is 13.5. The number of benzene rings is 5. The molecule has 0 saturated heterocycles. The fourth-order valence-electron chi connectivity index (χ4n) is 5.04. The van der Waals surface area contributed by atoms with Gasteiger partial charge in [-0.15, -0.1) is 0 Å². The lowest BCUT2D eigenvalue weighted by Gasteiger charge is -2.25. The van der Waals surface area contributed by atoms with Gasteiger partial charge in [0.1, 0.15) is 0 Å². The van der Waals surface area contributed by atoms with Gasteiger partial charge >= 0.3 is 0 Å². The predicted molar refractivity (Wildman–Crippen MR) is 158 cm³/mol. The summed E-state index contributed by atoms with van der Waals surface area (Å²) in [5, 5.41) is 0. The molecule has 0 aliphatic rings. The SMILES string of the molecule is c1ccc(CN(Cc2ccccc2)Cc2cccc(CN(Cc3ccccc3)Cc3ccccc3)c2)cc1. The molecule has 0 bridgehead atoms. The van der Waals surface area contributed by atoms with Gasteiger partial charge in [-0.2, -0.15) is 0 Å². The van der Waals surface area contributed by atoms with Crippen LogP contribution in [0.25, 0.3) is 0 Å². The molecule has 5 aromatic carbocycles. The van der Waals surface area contributed by atoms with Gasteiger partial charge in [-0.1, -0.05) is 146 Å². The zero-order valence-corrected chi connectivity index (χ0v) is 22.0. The van der Waals surface area contributed by atoms with Crippen molar-refractivity contribution in [2.24, 2.45) is 0 Å². The molecule has 0 aliphatic carbocycles. The standard InChI is InChI=1S/C36H36N2/c1-5-14-31(15-6-1)25-37(26-32-16-7-2-8-17-32)29-35-22-13-23-36(24-35)30-38(27-33-18-9-3-10-19-33)28-34-20-11-4-12-21-34/h1-24H,25-30H2. The quantitative estimate of drug-likeness (QED) is 0.172. The largest absolute Gasteiger partial charge is 0.291 e. The Hall–Kier alpha value is -3.98. The van der Waals surface area contributed by atoms with E-state index in [9.17, 15) is 0 Å². The summed E-state index contributed by atoms with van der Waals surface area (Å²) in [5.41, 5.74) is 8.09. The molecule has 0 saturated carbocycles. The van der Waals surface area contributed by atoms with E-state index in [1.807, 2.05) is 0 Å². The molecule has 5 rings (SSSR count). The Balaban J connectivity index is 1.32. The van der Waals surface area contributed by atoms with Crippen molar-refractivity contribution in [2.75, 3.05) is 0 Å². The number of hydrogen-bond acceptors (Lipinski definition) is 2. The van der Waals surface area contributed by atoms with Gasteiger partial charge < -0.3 is 0 Å². The maximum atomic E-state index is 2.54. The third kappa shape index (κ3) is 8.01. The van der Waals surface area contributed by atoms with Gasteiger partial charge in [0.15, 0.2) is 0 Å². The molecule has 2 nitrogen and oxygen atoms in total. The Kier molecular flexibility index (Phi) is 9.14. The van der Waals surface area contributed by atoms with Crippen LogP contribution in [0.4, 0.5) is 0 Å². The van der Waals surface area contributed by atoms with Crippen molar-refractivity contribution >= 4 is 0 Å². The summed E-state index contributed by atoms with van der Waals surface area (Å²) in [7, 11) is 0. The zero-order chi connectivity index (χ0) is 25.8. The summed E-state index contributed by atoms with van der Waals surface area (Å²) >= 11 is 0. The van der Waals surface area contributed by atoms with Gasteiger partial charge in [0, 0.05) is 39.3 Å². The Morgan fingerprint density at radius 3 is 0.789 bits per heavy atom. The van der Waals surface area contributed by atoms with E-state index in [2.05, 4.69) is 155 Å². The lowest BCUT2D eigenvalue weighted by atomic mass is 10.1. The first kappa shape index (κ1) is 25.7. The fraction of sp³-hybridized carbons (Fsp3) is 0.167. The molecule has 190 valence electrons. The summed E-state index contributed by atoms with van der Waals surface area (Å²) in [6, 6.07) is 52.3. The van der Waals surface area contributed by atoms with E-state index in [1.165, 1.54) is 33.4 Å². The molecule has 0 fully saturated rings. The van der Waals surface area contributed by atoms with Crippen molar-refractivity contribution in [3.8, 4) is 0 Å². The lowest BCUT2D eigenvalue weighted by molar-refractivity contribution is 0.243. The highest BCUT2D eigenvalue weighted by Crippen LogP contribution is 2.18. The topological polar surface area (TPSA) is 6.48 Å². The molecule has 0 unspecified atom stereocenters. The average Bonchev–Trinajstić information content (AvgIpc) is 2.95. The Morgan fingerprint density at radius 1 is 0.263 bits per heavy atom. The van der Waals surface area contributed by atoms with Crippen LogP contribution >= 0.6 is 0 Å².